The first-order valence-corrected chi connectivity index (χ1v) is 25.2. The Hall–Kier alpha value is -6.77. The van der Waals surface area contributed by atoms with Gasteiger partial charge >= 0.3 is 34.3 Å². The average Bonchev–Trinajstić information content (AvgIpc) is 3.84. The normalized spacial score (nSPS) is 15.9. The van der Waals surface area contributed by atoms with Crippen LogP contribution in [0.5, 0.6) is 0 Å². The third-order valence-electron chi connectivity index (χ3n) is 12.1. The van der Waals surface area contributed by atoms with Gasteiger partial charge in [-0.25, -0.2) is 4.79 Å². The summed E-state index contributed by atoms with van der Waals surface area (Å²) in [6.45, 7) is -1.12. The molecule has 1 aromatic heterocycles. The minimum atomic E-state index is -3.61. The number of aryl methyl sites for hydroxylation is 1. The van der Waals surface area contributed by atoms with Gasteiger partial charge in [0.25, 0.3) is 5.69 Å². The van der Waals surface area contributed by atoms with Gasteiger partial charge in [0.2, 0.25) is 17.6 Å². The minimum Gasteiger partial charge on any atom is -0.752 e. The maximum absolute atomic E-state index is 16.2. The Kier molecular flexibility index (Phi) is 15.5. The van der Waals surface area contributed by atoms with Gasteiger partial charge < -0.3 is 31.5 Å². The molecular formula is C55H44AgN4O8PS2. The van der Waals surface area contributed by atoms with Crippen LogP contribution in [0, 0.1) is 23.0 Å². The fourth-order valence-electron chi connectivity index (χ4n) is 9.07. The molecule has 1 fully saturated rings. The number of benzene rings is 7. The molecular weight excluding hydrogens is 1050 g/mol. The van der Waals surface area contributed by atoms with E-state index in [0.717, 1.165) is 16.7 Å². The number of carbonyl (C=O) groups excluding carboxylic acids is 3. The van der Waals surface area contributed by atoms with Gasteiger partial charge in [0, 0.05) is 32.9 Å². The van der Waals surface area contributed by atoms with Crippen LogP contribution in [0.2, 0.25) is 0 Å². The standard InChI is InChI=1S/C55H45N4O8PS2.Ag/c1-38-56-50(57-67-38)49(66-39(2)60)48-51(61)58(55(48,69)70-54(41-21-9-3-10-22-41,42-23-11-4-12-24-42)43-25-13-5-14-26-43)52(53(62)65-37-40-33-35-44(36-34-40)59(63)64)68(45-27-15-6-16-28-45,46-29-17-7-18-30-46)47-31-19-8-20-32-47;/h3-36,48-49,69H,37H2,1-2H3;/q;+1/p-1. The van der Waals surface area contributed by atoms with E-state index in [2.05, 4.69) is 10.1 Å². The summed E-state index contributed by atoms with van der Waals surface area (Å²) in [4.78, 5) is 62.6. The molecule has 9 rings (SSSR count). The molecule has 0 radical (unpaired) electrons. The number of nitrogens with zero attached hydrogens (tertiary/aromatic N) is 4. The molecule has 1 aliphatic rings. The summed E-state index contributed by atoms with van der Waals surface area (Å²) in [6, 6.07) is 63.6. The number of hydrogen-bond donors (Lipinski definition) is 0. The Morgan fingerprint density at radius 1 is 0.746 bits per heavy atom. The Morgan fingerprint density at radius 2 is 1.17 bits per heavy atom. The van der Waals surface area contributed by atoms with E-state index in [9.17, 15) is 14.9 Å². The first kappa shape index (κ1) is 50.6. The van der Waals surface area contributed by atoms with Crippen molar-refractivity contribution >= 4 is 76.1 Å². The number of β-lactam (4-membered cyclic amide) rings is 1. The van der Waals surface area contributed by atoms with Gasteiger partial charge in [-0.05, 0) is 54.5 Å². The monoisotopic (exact) mass is 1090 g/mol. The van der Waals surface area contributed by atoms with E-state index in [4.69, 9.17) is 26.6 Å². The van der Waals surface area contributed by atoms with Crippen molar-refractivity contribution < 1.29 is 55.7 Å². The molecule has 7 aromatic carbocycles. The average molecular weight is 1090 g/mol. The van der Waals surface area contributed by atoms with E-state index in [1.807, 2.05) is 182 Å². The quantitative estimate of drug-likeness (QED) is 0.0133. The number of nitro groups is 1. The van der Waals surface area contributed by atoms with Crippen LogP contribution in [0.4, 0.5) is 5.69 Å². The van der Waals surface area contributed by atoms with E-state index >= 15 is 9.59 Å². The molecule has 0 bridgehead atoms. The summed E-state index contributed by atoms with van der Waals surface area (Å²) >= 11 is 8.43. The Morgan fingerprint density at radius 3 is 1.55 bits per heavy atom. The van der Waals surface area contributed by atoms with Crippen molar-refractivity contribution in [2.24, 2.45) is 5.92 Å². The second kappa shape index (κ2) is 21.7. The number of likely N-dealkylation sites (tertiary alicyclic amines) is 1. The number of esters is 2. The summed E-state index contributed by atoms with van der Waals surface area (Å²) in [5, 5.41) is 17.9. The maximum Gasteiger partial charge on any atom is 1.00 e. The number of nitro benzene ring substituents is 1. The second-order valence-corrected chi connectivity index (χ2v) is 22.0. The molecule has 0 aliphatic carbocycles. The third-order valence-corrected chi connectivity index (χ3v) is 18.7. The number of ether oxygens (including phenoxy) is 2. The number of rotatable bonds is 16. The second-order valence-electron chi connectivity index (χ2n) is 16.4. The van der Waals surface area contributed by atoms with E-state index in [1.54, 1.807) is 6.92 Å². The molecule has 0 saturated carbocycles. The van der Waals surface area contributed by atoms with Crippen LogP contribution in [0.25, 0.3) is 0 Å². The van der Waals surface area contributed by atoms with Crippen molar-refractivity contribution in [3.8, 4) is 0 Å². The Labute approximate surface area is 435 Å². The van der Waals surface area contributed by atoms with Crippen molar-refractivity contribution in [2.75, 3.05) is 0 Å². The number of carbonyl (C=O) groups is 3. The number of amides is 1. The smallest absolute Gasteiger partial charge is 0.752 e. The van der Waals surface area contributed by atoms with Gasteiger partial charge in [-0.3, -0.25) is 19.7 Å². The SMILES string of the molecule is CC(=O)OC(c1noc(C)n1)C1C(=O)N(C(C(=O)OCc2ccc([N+](=O)[O-])cc2)=P(c2ccccc2)(c2ccccc2)c2ccccc2)C1([S-])SC(c1ccccc1)(c1ccccc1)c1ccccc1.[Ag+]. The minimum absolute atomic E-state index is 0. The van der Waals surface area contributed by atoms with Crippen LogP contribution >= 0.6 is 18.6 Å². The third kappa shape index (κ3) is 9.59. The van der Waals surface area contributed by atoms with Gasteiger partial charge in [0.05, 0.1) is 15.6 Å². The van der Waals surface area contributed by atoms with Crippen molar-refractivity contribution in [2.45, 2.75) is 35.5 Å². The number of aromatic nitrogens is 2. The molecule has 12 nitrogen and oxygen atoms in total. The molecule has 16 heteroatoms. The molecule has 1 saturated heterocycles. The van der Waals surface area contributed by atoms with Gasteiger partial charge in [-0.1, -0.05) is 187 Å². The van der Waals surface area contributed by atoms with Crippen LogP contribution in [0.15, 0.2) is 211 Å². The Balaban J connectivity index is 0.00000676. The molecule has 8 aromatic rings. The van der Waals surface area contributed by atoms with Gasteiger partial charge in [0.15, 0.2) is 6.10 Å². The summed E-state index contributed by atoms with van der Waals surface area (Å²) in [6.07, 6.45) is -1.49. The van der Waals surface area contributed by atoms with Crippen LogP contribution < -0.4 is 15.9 Å². The van der Waals surface area contributed by atoms with Crippen molar-refractivity contribution in [3.05, 3.63) is 250 Å². The first-order valence-electron chi connectivity index (χ1n) is 22.2. The summed E-state index contributed by atoms with van der Waals surface area (Å²) in [7, 11) is 0. The predicted octanol–water partition coefficient (Wildman–Crippen LogP) is 9.14. The van der Waals surface area contributed by atoms with Crippen molar-refractivity contribution in [3.63, 3.8) is 0 Å². The van der Waals surface area contributed by atoms with E-state index < -0.39 is 50.6 Å². The fourth-order valence-corrected chi connectivity index (χ4v) is 16.2. The fraction of sp³-hybridized carbons (Fsp3) is 0.127. The first-order chi connectivity index (χ1) is 34.0. The predicted molar refractivity (Wildman–Crippen MR) is 274 cm³/mol. The van der Waals surface area contributed by atoms with Crippen LogP contribution in [-0.4, -0.2) is 47.4 Å². The molecule has 0 spiro atoms. The molecule has 2 heterocycles. The summed E-state index contributed by atoms with van der Waals surface area (Å²) in [5.74, 6) is -3.60. The molecule has 3 atom stereocenters. The van der Waals surface area contributed by atoms with Gasteiger partial charge in [0.1, 0.15) is 12.0 Å². The topological polar surface area (TPSA) is 155 Å². The van der Waals surface area contributed by atoms with Crippen molar-refractivity contribution in [1.82, 2.24) is 15.0 Å². The van der Waals surface area contributed by atoms with Gasteiger partial charge in [-0.2, -0.15) is 4.98 Å². The van der Waals surface area contributed by atoms with Crippen LogP contribution in [-0.2, 0) is 70.2 Å². The number of thioether (sulfide) groups is 1. The van der Waals surface area contributed by atoms with Crippen LogP contribution in [0.1, 0.15) is 47.0 Å². The zero-order valence-electron chi connectivity index (χ0n) is 38.1. The molecule has 360 valence electrons. The molecule has 1 amide bonds. The van der Waals surface area contributed by atoms with E-state index in [0.29, 0.717) is 21.5 Å². The molecule has 3 unspecified atom stereocenters. The van der Waals surface area contributed by atoms with Crippen molar-refractivity contribution in [1.29, 1.82) is 0 Å². The van der Waals surface area contributed by atoms with E-state index in [-0.39, 0.29) is 51.8 Å². The Bertz CT molecular complexity index is 3010. The number of non-ortho nitro benzene ring substituents is 1. The maximum atomic E-state index is 16.2. The summed E-state index contributed by atoms with van der Waals surface area (Å²) in [5.41, 5.74) is 2.69. The molecule has 1 aliphatic heterocycles. The molecule has 71 heavy (non-hydrogen) atoms. The van der Waals surface area contributed by atoms with E-state index in [1.165, 1.54) is 47.9 Å². The summed E-state index contributed by atoms with van der Waals surface area (Å²) < 4.78 is 14.8. The largest absolute Gasteiger partial charge is 1.00 e. The zero-order chi connectivity index (χ0) is 48.9. The van der Waals surface area contributed by atoms with Crippen LogP contribution in [0.3, 0.4) is 0 Å². The zero-order valence-corrected chi connectivity index (χ0v) is 42.1. The molecule has 0 N–H and O–H groups in total. The number of hydrogen-bond acceptors (Lipinski definition) is 12. The van der Waals surface area contributed by atoms with Gasteiger partial charge in [-0.15, -0.1) is 11.8 Å².